The molecule has 0 aromatic heterocycles. The van der Waals surface area contributed by atoms with Crippen LogP contribution < -0.4 is 0 Å². The highest BCUT2D eigenvalue weighted by Gasteiger charge is 1.75. The van der Waals surface area contributed by atoms with E-state index in [9.17, 15) is 0 Å². The van der Waals surface area contributed by atoms with Gasteiger partial charge in [0.2, 0.25) is 0 Å². The average Bonchev–Trinajstić information content (AvgIpc) is 1.83. The Kier molecular flexibility index (Phi) is 3.77. The Balaban J connectivity index is 3.98. The van der Waals surface area contributed by atoms with E-state index in [1.54, 1.807) is 6.08 Å². The van der Waals surface area contributed by atoms with E-state index < -0.39 is 0 Å². The van der Waals surface area contributed by atoms with Crippen LogP contribution in [0.25, 0.3) is 0 Å². The lowest BCUT2D eigenvalue weighted by Crippen LogP contribution is -1.71. The summed E-state index contributed by atoms with van der Waals surface area (Å²) in [7, 11) is 5.31. The summed E-state index contributed by atoms with van der Waals surface area (Å²) in [5.41, 5.74) is 1.65. The third kappa shape index (κ3) is 5.08. The Bertz CT molecular complexity index is 152. The lowest BCUT2D eigenvalue weighted by molar-refractivity contribution is 1.38. The van der Waals surface area contributed by atoms with Gasteiger partial charge in [-0.25, -0.2) is 0 Å². The topological polar surface area (TPSA) is 12.4 Å². The zero-order valence-corrected chi connectivity index (χ0v) is 5.89. The van der Waals surface area contributed by atoms with Gasteiger partial charge in [-0.1, -0.05) is 17.7 Å². The Morgan fingerprint density at radius 1 is 1.44 bits per heavy atom. The van der Waals surface area contributed by atoms with Crippen LogP contribution in [0.4, 0.5) is 0 Å². The number of rotatable bonds is 2. The molecule has 46 valence electrons. The van der Waals surface area contributed by atoms with Crippen molar-refractivity contribution in [1.82, 2.24) is 0 Å². The molecule has 0 unspecified atom stereocenters. The second-order valence-corrected chi connectivity index (χ2v) is 1.99. The van der Waals surface area contributed by atoms with Crippen LogP contribution >= 0.6 is 0 Å². The van der Waals surface area contributed by atoms with Gasteiger partial charge in [-0.05, 0) is 26.2 Å². The predicted octanol–water partition coefficient (Wildman–Crippen LogP) is 1.66. The maximum Gasteiger partial charge on any atom is 0.141 e. The summed E-state index contributed by atoms with van der Waals surface area (Å²) in [6.45, 7) is 7.25. The first-order valence-corrected chi connectivity index (χ1v) is 2.74. The van der Waals surface area contributed by atoms with Crippen LogP contribution in [0.3, 0.4) is 0 Å². The molecule has 0 saturated carbocycles. The molecule has 1 nitrogen and oxygen atoms in total. The molecule has 2 radical (unpaired) electrons. The van der Waals surface area contributed by atoms with Gasteiger partial charge in [0.15, 0.2) is 0 Å². The summed E-state index contributed by atoms with van der Waals surface area (Å²) >= 11 is 0. The van der Waals surface area contributed by atoms with Crippen molar-refractivity contribution < 1.29 is 0 Å². The van der Waals surface area contributed by atoms with Crippen molar-refractivity contribution in [2.75, 3.05) is 0 Å². The maximum atomic E-state index is 5.31. The van der Waals surface area contributed by atoms with E-state index in [0.717, 1.165) is 0 Å². The van der Waals surface area contributed by atoms with Crippen molar-refractivity contribution in [3.8, 4) is 0 Å². The molecule has 0 aromatic carbocycles. The molecule has 0 amide bonds. The number of hydrogen-bond donors (Lipinski definition) is 0. The molecule has 0 aliphatic carbocycles. The molecule has 2 heteroatoms. The van der Waals surface area contributed by atoms with Gasteiger partial charge in [0.1, 0.15) is 7.85 Å². The molecule has 0 bridgehead atoms. The highest BCUT2D eigenvalue weighted by atomic mass is 14.7. The molecule has 0 aromatic rings. The van der Waals surface area contributed by atoms with Crippen molar-refractivity contribution in [3.05, 3.63) is 23.3 Å². The fraction of sp³-hybridized carbons (Fsp3) is 0.286. The normalized spacial score (nSPS) is 10.7. The van der Waals surface area contributed by atoms with Crippen molar-refractivity contribution in [1.29, 1.82) is 0 Å². The third-order valence-electron chi connectivity index (χ3n) is 0.770. The van der Waals surface area contributed by atoms with Crippen LogP contribution in [0.2, 0.25) is 0 Å². The molecule has 9 heavy (non-hydrogen) atoms. The lowest BCUT2D eigenvalue weighted by Gasteiger charge is -1.86. The molecule has 0 aliphatic rings. The maximum absolute atomic E-state index is 5.31. The third-order valence-corrected chi connectivity index (χ3v) is 0.770. The Labute approximate surface area is 57.6 Å². The Hall–Kier alpha value is -0.785. The van der Waals surface area contributed by atoms with E-state index in [-0.39, 0.29) is 0 Å². The van der Waals surface area contributed by atoms with E-state index in [4.69, 9.17) is 7.85 Å². The summed E-state index contributed by atoms with van der Waals surface area (Å²) in [6.07, 6.45) is 3.62. The standard InChI is InChI=1S/C7H10BN/c1-6(2)4-5-7(8)9-3/h4-5H,3H2,1-2H3/b7-5-. The Morgan fingerprint density at radius 3 is 2.33 bits per heavy atom. The molecular weight excluding hydrogens is 109 g/mol. The number of hydrogen-bond acceptors (Lipinski definition) is 1. The van der Waals surface area contributed by atoms with Crippen LogP contribution in [-0.4, -0.2) is 14.6 Å². The summed E-state index contributed by atoms with van der Waals surface area (Å²) in [4.78, 5) is 3.50. The highest BCUT2D eigenvalue weighted by molar-refractivity contribution is 6.21. The minimum absolute atomic E-state index is 0.455. The fourth-order valence-corrected chi connectivity index (χ4v) is 0.305. The quantitative estimate of drug-likeness (QED) is 0.297. The first-order chi connectivity index (χ1) is 4.16. The zero-order chi connectivity index (χ0) is 7.28. The summed E-state index contributed by atoms with van der Waals surface area (Å²) < 4.78 is 0. The van der Waals surface area contributed by atoms with Gasteiger partial charge >= 0.3 is 0 Å². The van der Waals surface area contributed by atoms with Crippen LogP contribution in [0, 0.1) is 0 Å². The van der Waals surface area contributed by atoms with E-state index in [0.29, 0.717) is 5.60 Å². The van der Waals surface area contributed by atoms with Crippen molar-refractivity contribution in [2.45, 2.75) is 13.8 Å². The van der Waals surface area contributed by atoms with Crippen molar-refractivity contribution in [2.24, 2.45) is 4.99 Å². The summed E-state index contributed by atoms with van der Waals surface area (Å²) in [5, 5.41) is 0. The summed E-state index contributed by atoms with van der Waals surface area (Å²) in [5.74, 6) is 0. The largest absolute Gasteiger partial charge is 0.281 e. The van der Waals surface area contributed by atoms with Crippen molar-refractivity contribution in [3.63, 3.8) is 0 Å². The van der Waals surface area contributed by atoms with Gasteiger partial charge in [0.05, 0.1) is 0 Å². The van der Waals surface area contributed by atoms with Gasteiger partial charge in [-0.15, -0.1) is 0 Å². The molecule has 0 aliphatic heterocycles. The lowest BCUT2D eigenvalue weighted by atomic mass is 10.0. The fourth-order valence-electron chi connectivity index (χ4n) is 0.305. The van der Waals surface area contributed by atoms with Gasteiger partial charge < -0.3 is 0 Å². The molecule has 0 saturated heterocycles. The predicted molar refractivity (Wildman–Crippen MR) is 42.8 cm³/mol. The number of aliphatic imine (C=N–C) groups is 1. The van der Waals surface area contributed by atoms with Crippen LogP contribution in [0.5, 0.6) is 0 Å². The van der Waals surface area contributed by atoms with Crippen LogP contribution in [-0.2, 0) is 0 Å². The average molecular weight is 119 g/mol. The number of nitrogens with zero attached hydrogens (tertiary/aromatic N) is 1. The first-order valence-electron chi connectivity index (χ1n) is 2.74. The Morgan fingerprint density at radius 2 is 2.00 bits per heavy atom. The second kappa shape index (κ2) is 4.13. The van der Waals surface area contributed by atoms with E-state index in [1.807, 2.05) is 19.9 Å². The minimum Gasteiger partial charge on any atom is -0.281 e. The minimum atomic E-state index is 0.455. The SMILES string of the molecule is [B]/C(=C/C=C(C)C)N=C. The van der Waals surface area contributed by atoms with E-state index in [2.05, 4.69) is 11.7 Å². The molecular formula is C7H10BN. The molecule has 0 N–H and O–H groups in total. The van der Waals surface area contributed by atoms with Crippen LogP contribution in [0.1, 0.15) is 13.8 Å². The van der Waals surface area contributed by atoms with Crippen LogP contribution in [0.15, 0.2) is 28.3 Å². The van der Waals surface area contributed by atoms with Gasteiger partial charge in [-0.2, -0.15) is 0 Å². The first kappa shape index (κ1) is 8.21. The van der Waals surface area contributed by atoms with Gasteiger partial charge in [0.25, 0.3) is 0 Å². The van der Waals surface area contributed by atoms with Gasteiger partial charge in [-0.3, -0.25) is 4.99 Å². The van der Waals surface area contributed by atoms with Gasteiger partial charge in [0, 0.05) is 0 Å². The molecule has 0 rings (SSSR count). The monoisotopic (exact) mass is 119 g/mol. The van der Waals surface area contributed by atoms with E-state index in [1.165, 1.54) is 5.57 Å². The molecule has 0 heterocycles. The zero-order valence-electron chi connectivity index (χ0n) is 5.89. The molecule has 0 atom stereocenters. The van der Waals surface area contributed by atoms with E-state index >= 15 is 0 Å². The smallest absolute Gasteiger partial charge is 0.141 e. The number of allylic oxidation sites excluding steroid dienone is 3. The van der Waals surface area contributed by atoms with Crippen molar-refractivity contribution >= 4 is 14.6 Å². The highest BCUT2D eigenvalue weighted by Crippen LogP contribution is 1.93. The summed E-state index contributed by atoms with van der Waals surface area (Å²) in [6, 6.07) is 0. The second-order valence-electron chi connectivity index (χ2n) is 1.99. The molecule has 0 spiro atoms. The molecule has 0 fully saturated rings.